The molecule has 1 unspecified atom stereocenters. The summed E-state index contributed by atoms with van der Waals surface area (Å²) in [5.74, 6) is 0.942. The third-order valence-electron chi connectivity index (χ3n) is 6.25. The van der Waals surface area contributed by atoms with Crippen LogP contribution in [0.5, 0.6) is 0 Å². The van der Waals surface area contributed by atoms with E-state index in [2.05, 4.69) is 20.4 Å². The number of benzene rings is 1. The fourth-order valence-corrected chi connectivity index (χ4v) is 5.18. The van der Waals surface area contributed by atoms with Crippen molar-refractivity contribution in [1.82, 2.24) is 19.9 Å². The Bertz CT molecular complexity index is 1110. The quantitative estimate of drug-likeness (QED) is 0.594. The maximum Gasteiger partial charge on any atom is 0.255 e. The molecule has 0 radical (unpaired) electrons. The molecule has 9 heteroatoms. The average Bonchev–Trinajstić information content (AvgIpc) is 3.62. The summed E-state index contributed by atoms with van der Waals surface area (Å²) in [6, 6.07) is 11.2. The second-order valence-corrected chi connectivity index (χ2v) is 9.55. The van der Waals surface area contributed by atoms with Gasteiger partial charge in [0.05, 0.1) is 28.6 Å². The molecule has 0 bridgehead atoms. The summed E-state index contributed by atoms with van der Waals surface area (Å²) < 4.78 is 5.43. The van der Waals surface area contributed by atoms with Gasteiger partial charge in [-0.15, -0.1) is 11.3 Å². The first kappa shape index (κ1) is 21.8. The summed E-state index contributed by atoms with van der Waals surface area (Å²) in [6.07, 6.45) is 3.80. The predicted molar refractivity (Wildman–Crippen MR) is 126 cm³/mol. The predicted octanol–water partition coefficient (Wildman–Crippen LogP) is 3.88. The normalized spacial score (nSPS) is 19.0. The molecule has 8 nitrogen and oxygen atoms in total. The van der Waals surface area contributed by atoms with Crippen molar-refractivity contribution in [1.29, 1.82) is 0 Å². The van der Waals surface area contributed by atoms with Gasteiger partial charge in [0.1, 0.15) is 0 Å². The lowest BCUT2D eigenvalue weighted by atomic mass is 9.96. The van der Waals surface area contributed by atoms with Crippen LogP contribution in [-0.4, -0.2) is 57.9 Å². The molecule has 0 spiro atoms. The number of carbonyl (C=O) groups excluding carboxylic acids is 2. The molecule has 5 rings (SSSR count). The fourth-order valence-electron chi connectivity index (χ4n) is 4.53. The summed E-state index contributed by atoms with van der Waals surface area (Å²) >= 11 is 1.57. The highest BCUT2D eigenvalue weighted by Crippen LogP contribution is 2.25. The van der Waals surface area contributed by atoms with Gasteiger partial charge in [0, 0.05) is 19.6 Å². The van der Waals surface area contributed by atoms with Crippen molar-refractivity contribution in [2.45, 2.75) is 32.2 Å². The van der Waals surface area contributed by atoms with Gasteiger partial charge in [-0.1, -0.05) is 23.4 Å². The highest BCUT2D eigenvalue weighted by molar-refractivity contribution is 7.13. The van der Waals surface area contributed by atoms with Gasteiger partial charge in [-0.2, -0.15) is 4.98 Å². The number of para-hydroxylation sites is 1. The number of rotatable bonds is 6. The smallest absolute Gasteiger partial charge is 0.255 e. The van der Waals surface area contributed by atoms with Gasteiger partial charge in [0.25, 0.3) is 5.91 Å². The van der Waals surface area contributed by atoms with E-state index in [4.69, 9.17) is 4.52 Å². The lowest BCUT2D eigenvalue weighted by Crippen LogP contribution is -2.40. The highest BCUT2D eigenvalue weighted by atomic mass is 32.1. The Morgan fingerprint density at radius 2 is 1.94 bits per heavy atom. The SMILES string of the molecule is O=C(Nc1ccccc1C(=O)N1CCCC1)C1CCCN(Cc2nc(-c3cccs3)no2)C1. The van der Waals surface area contributed by atoms with Crippen LogP contribution in [0.1, 0.15) is 41.9 Å². The summed E-state index contributed by atoms with van der Waals surface area (Å²) in [7, 11) is 0. The Morgan fingerprint density at radius 1 is 1.09 bits per heavy atom. The lowest BCUT2D eigenvalue weighted by Gasteiger charge is -2.31. The largest absolute Gasteiger partial charge is 0.339 e. The third-order valence-corrected chi connectivity index (χ3v) is 7.12. The Hall–Kier alpha value is -3.04. The molecule has 1 aromatic carbocycles. The number of nitrogens with one attached hydrogen (secondary N) is 1. The molecule has 0 saturated carbocycles. The number of hydrogen-bond acceptors (Lipinski definition) is 7. The molecule has 2 aliphatic rings. The molecule has 2 saturated heterocycles. The second kappa shape index (κ2) is 9.84. The van der Waals surface area contributed by atoms with Crippen LogP contribution in [0, 0.1) is 5.92 Å². The van der Waals surface area contributed by atoms with Crippen molar-refractivity contribution in [3.05, 3.63) is 53.2 Å². The van der Waals surface area contributed by atoms with Crippen LogP contribution in [0.25, 0.3) is 10.7 Å². The van der Waals surface area contributed by atoms with E-state index in [0.717, 1.165) is 50.2 Å². The maximum atomic E-state index is 13.1. The first-order chi connectivity index (χ1) is 16.2. The average molecular weight is 466 g/mol. The van der Waals surface area contributed by atoms with Crippen molar-refractivity contribution in [3.63, 3.8) is 0 Å². The van der Waals surface area contributed by atoms with Crippen LogP contribution >= 0.6 is 11.3 Å². The van der Waals surface area contributed by atoms with Gasteiger partial charge in [-0.3, -0.25) is 14.5 Å². The van der Waals surface area contributed by atoms with Crippen LogP contribution in [-0.2, 0) is 11.3 Å². The molecule has 2 aromatic heterocycles. The van der Waals surface area contributed by atoms with E-state index in [1.165, 1.54) is 0 Å². The Balaban J connectivity index is 1.22. The first-order valence-corrected chi connectivity index (χ1v) is 12.3. The maximum absolute atomic E-state index is 13.1. The van der Waals surface area contributed by atoms with Crippen LogP contribution in [0.4, 0.5) is 5.69 Å². The summed E-state index contributed by atoms with van der Waals surface area (Å²) in [5.41, 5.74) is 1.15. The molecule has 172 valence electrons. The number of hydrogen-bond donors (Lipinski definition) is 1. The molecule has 3 aromatic rings. The van der Waals surface area contributed by atoms with E-state index in [1.807, 2.05) is 40.6 Å². The molecular weight excluding hydrogens is 438 g/mol. The number of nitrogens with zero attached hydrogens (tertiary/aromatic N) is 4. The lowest BCUT2D eigenvalue weighted by molar-refractivity contribution is -0.121. The van der Waals surface area contributed by atoms with E-state index < -0.39 is 0 Å². The number of carbonyl (C=O) groups is 2. The third kappa shape index (κ3) is 4.99. The number of piperidine rings is 1. The number of anilines is 1. The van der Waals surface area contributed by atoms with Crippen molar-refractivity contribution in [2.75, 3.05) is 31.5 Å². The van der Waals surface area contributed by atoms with E-state index in [1.54, 1.807) is 17.4 Å². The van der Waals surface area contributed by atoms with E-state index in [9.17, 15) is 9.59 Å². The van der Waals surface area contributed by atoms with Crippen molar-refractivity contribution in [3.8, 4) is 10.7 Å². The summed E-state index contributed by atoms with van der Waals surface area (Å²) in [6.45, 7) is 3.58. The van der Waals surface area contributed by atoms with Crippen LogP contribution in [0.2, 0.25) is 0 Å². The molecule has 2 amide bonds. The molecule has 2 aliphatic heterocycles. The van der Waals surface area contributed by atoms with Crippen LogP contribution < -0.4 is 5.32 Å². The monoisotopic (exact) mass is 465 g/mol. The fraction of sp³-hybridized carbons (Fsp3) is 0.417. The summed E-state index contributed by atoms with van der Waals surface area (Å²) in [4.78, 5) is 35.5. The molecular formula is C24H27N5O3S. The molecule has 1 N–H and O–H groups in total. The first-order valence-electron chi connectivity index (χ1n) is 11.5. The summed E-state index contributed by atoms with van der Waals surface area (Å²) in [5, 5.41) is 9.09. The Morgan fingerprint density at radius 3 is 2.76 bits per heavy atom. The molecule has 33 heavy (non-hydrogen) atoms. The van der Waals surface area contributed by atoms with Gasteiger partial charge >= 0.3 is 0 Å². The minimum atomic E-state index is -0.159. The molecule has 2 fully saturated rings. The van der Waals surface area contributed by atoms with Crippen LogP contribution in [0.15, 0.2) is 46.3 Å². The topological polar surface area (TPSA) is 91.6 Å². The highest BCUT2D eigenvalue weighted by Gasteiger charge is 2.28. The van der Waals surface area contributed by atoms with Gasteiger partial charge in [-0.05, 0) is 55.8 Å². The zero-order chi connectivity index (χ0) is 22.6. The second-order valence-electron chi connectivity index (χ2n) is 8.60. The van der Waals surface area contributed by atoms with Crippen LogP contribution in [0.3, 0.4) is 0 Å². The van der Waals surface area contributed by atoms with E-state index in [-0.39, 0.29) is 17.7 Å². The number of aromatic nitrogens is 2. The van der Waals surface area contributed by atoms with E-state index in [0.29, 0.717) is 36.1 Å². The zero-order valence-corrected chi connectivity index (χ0v) is 19.2. The van der Waals surface area contributed by atoms with Gasteiger partial charge < -0.3 is 14.7 Å². The molecule has 4 heterocycles. The van der Waals surface area contributed by atoms with Crippen molar-refractivity contribution in [2.24, 2.45) is 5.92 Å². The standard InChI is InChI=1S/C24H27N5O3S/c30-23(25-19-9-2-1-8-18(19)24(31)29-12-3-4-13-29)17-7-5-11-28(15-17)16-21-26-22(27-32-21)20-10-6-14-33-20/h1-2,6,8-10,14,17H,3-5,7,11-13,15-16H2,(H,25,30). The number of thiophene rings is 1. The Kier molecular flexibility index (Phi) is 6.50. The van der Waals surface area contributed by atoms with E-state index >= 15 is 0 Å². The molecule has 1 atom stereocenters. The van der Waals surface area contributed by atoms with Crippen molar-refractivity contribution >= 4 is 28.8 Å². The van der Waals surface area contributed by atoms with Gasteiger partial charge in [0.15, 0.2) is 0 Å². The number of amides is 2. The van der Waals surface area contributed by atoms with Crippen molar-refractivity contribution < 1.29 is 14.1 Å². The minimum Gasteiger partial charge on any atom is -0.339 e. The van der Waals surface area contributed by atoms with Gasteiger partial charge in [0.2, 0.25) is 17.6 Å². The zero-order valence-electron chi connectivity index (χ0n) is 18.4. The number of likely N-dealkylation sites (tertiary alicyclic amines) is 2. The molecule has 0 aliphatic carbocycles. The minimum absolute atomic E-state index is 0.00777. The Labute approximate surface area is 196 Å². The van der Waals surface area contributed by atoms with Gasteiger partial charge in [-0.25, -0.2) is 0 Å².